The molecule has 0 saturated carbocycles. The Morgan fingerprint density at radius 3 is 1.32 bits per heavy atom. The highest BCUT2D eigenvalue weighted by molar-refractivity contribution is 5.93. The number of likely N-dealkylation sites (N-methyl/N-ethyl adjacent to an activating group) is 1. The van der Waals surface area contributed by atoms with Crippen LogP contribution in [0.5, 0.6) is 0 Å². The van der Waals surface area contributed by atoms with Gasteiger partial charge in [-0.2, -0.15) is 0 Å². The minimum Gasteiger partial charge on any atom is -0.480 e. The van der Waals surface area contributed by atoms with Crippen molar-refractivity contribution in [2.75, 3.05) is 7.05 Å². The van der Waals surface area contributed by atoms with Crippen molar-refractivity contribution in [1.82, 2.24) is 21.3 Å². The van der Waals surface area contributed by atoms with Crippen LogP contribution in [0.2, 0.25) is 0 Å². The number of carboxylic acid groups (broad SMARTS) is 1. The third-order valence-electron chi connectivity index (χ3n) is 3.06. The van der Waals surface area contributed by atoms with Crippen LogP contribution in [0.15, 0.2) is 0 Å². The normalized spacial score (nSPS) is 15.9. The molecule has 9 heteroatoms. The zero-order chi connectivity index (χ0) is 17.4. The second kappa shape index (κ2) is 8.98. The zero-order valence-electron chi connectivity index (χ0n) is 13.4. The molecule has 9 nitrogen and oxygen atoms in total. The van der Waals surface area contributed by atoms with Gasteiger partial charge in [-0.1, -0.05) is 0 Å². The second-order valence-corrected chi connectivity index (χ2v) is 5.04. The fourth-order valence-corrected chi connectivity index (χ4v) is 1.34. The van der Waals surface area contributed by atoms with Gasteiger partial charge in [-0.25, -0.2) is 0 Å². The summed E-state index contributed by atoms with van der Waals surface area (Å²) >= 11 is 0. The molecule has 4 unspecified atom stereocenters. The Labute approximate surface area is 129 Å². The first-order valence-corrected chi connectivity index (χ1v) is 6.91. The third kappa shape index (κ3) is 6.53. The van der Waals surface area contributed by atoms with Crippen LogP contribution in [0.4, 0.5) is 0 Å². The highest BCUT2D eigenvalue weighted by atomic mass is 16.4. The predicted molar refractivity (Wildman–Crippen MR) is 79.0 cm³/mol. The van der Waals surface area contributed by atoms with E-state index >= 15 is 0 Å². The van der Waals surface area contributed by atoms with Gasteiger partial charge < -0.3 is 26.4 Å². The van der Waals surface area contributed by atoms with Crippen molar-refractivity contribution in [2.24, 2.45) is 0 Å². The number of aliphatic carboxylic acids is 1. The van der Waals surface area contributed by atoms with Gasteiger partial charge in [0.2, 0.25) is 17.7 Å². The van der Waals surface area contributed by atoms with E-state index in [2.05, 4.69) is 21.3 Å². The summed E-state index contributed by atoms with van der Waals surface area (Å²) in [4.78, 5) is 45.9. The van der Waals surface area contributed by atoms with Crippen LogP contribution in [0.25, 0.3) is 0 Å². The Morgan fingerprint density at radius 2 is 1.00 bits per heavy atom. The van der Waals surface area contributed by atoms with Crippen LogP contribution in [0.3, 0.4) is 0 Å². The average molecular weight is 316 g/mol. The number of carboxylic acids is 1. The Balaban J connectivity index is 4.42. The Morgan fingerprint density at radius 1 is 0.682 bits per heavy atom. The van der Waals surface area contributed by atoms with E-state index < -0.39 is 42.0 Å². The van der Waals surface area contributed by atoms with Crippen molar-refractivity contribution in [3.05, 3.63) is 0 Å². The average Bonchev–Trinajstić information content (AvgIpc) is 2.45. The van der Waals surface area contributed by atoms with Crippen molar-refractivity contribution in [1.29, 1.82) is 0 Å². The van der Waals surface area contributed by atoms with Gasteiger partial charge in [-0.05, 0) is 34.7 Å². The lowest BCUT2D eigenvalue weighted by atomic mass is 10.2. The first-order valence-electron chi connectivity index (χ1n) is 6.91. The predicted octanol–water partition coefficient (Wildman–Crippen LogP) is -1.81. The molecule has 126 valence electrons. The van der Waals surface area contributed by atoms with E-state index in [9.17, 15) is 19.2 Å². The molecule has 5 N–H and O–H groups in total. The maximum Gasteiger partial charge on any atom is 0.325 e. The van der Waals surface area contributed by atoms with Crippen LogP contribution < -0.4 is 21.3 Å². The summed E-state index contributed by atoms with van der Waals surface area (Å²) in [6, 6.07) is -3.25. The molecule has 22 heavy (non-hydrogen) atoms. The van der Waals surface area contributed by atoms with E-state index in [1.807, 2.05) is 0 Å². The number of hydrogen-bond acceptors (Lipinski definition) is 5. The highest BCUT2D eigenvalue weighted by Gasteiger charge is 2.24. The van der Waals surface area contributed by atoms with E-state index in [-0.39, 0.29) is 5.91 Å². The number of amides is 3. The Kier molecular flexibility index (Phi) is 8.10. The number of hydrogen-bond donors (Lipinski definition) is 5. The van der Waals surface area contributed by atoms with E-state index in [4.69, 9.17) is 5.11 Å². The fourth-order valence-electron chi connectivity index (χ4n) is 1.34. The molecule has 0 aromatic carbocycles. The van der Waals surface area contributed by atoms with Gasteiger partial charge in [-0.15, -0.1) is 0 Å². The summed E-state index contributed by atoms with van der Waals surface area (Å²) in [5.41, 5.74) is 0. The lowest BCUT2D eigenvalue weighted by molar-refractivity contribution is -0.141. The lowest BCUT2D eigenvalue weighted by Gasteiger charge is -2.20. The summed E-state index contributed by atoms with van der Waals surface area (Å²) in [5.74, 6) is -2.68. The number of rotatable bonds is 8. The van der Waals surface area contributed by atoms with E-state index in [0.29, 0.717) is 0 Å². The van der Waals surface area contributed by atoms with Gasteiger partial charge in [0.15, 0.2) is 0 Å². The minimum atomic E-state index is -1.17. The quantitative estimate of drug-likeness (QED) is 0.358. The molecular weight excluding hydrogens is 292 g/mol. The van der Waals surface area contributed by atoms with Crippen molar-refractivity contribution in [2.45, 2.75) is 51.9 Å². The van der Waals surface area contributed by atoms with Gasteiger partial charge in [0, 0.05) is 0 Å². The van der Waals surface area contributed by atoms with Crippen LogP contribution in [-0.4, -0.2) is 60.0 Å². The first-order chi connectivity index (χ1) is 10.1. The van der Waals surface area contributed by atoms with Gasteiger partial charge in [0.25, 0.3) is 0 Å². The summed E-state index contributed by atoms with van der Waals surface area (Å²) in [5, 5.41) is 18.6. The molecule has 0 saturated heterocycles. The molecule has 4 atom stereocenters. The van der Waals surface area contributed by atoms with Gasteiger partial charge in [0.05, 0.1) is 6.04 Å². The molecule has 0 bridgehead atoms. The molecule has 0 aliphatic heterocycles. The number of carbonyl (C=O) groups is 4. The molecule has 0 spiro atoms. The maximum atomic E-state index is 11.9. The van der Waals surface area contributed by atoms with Crippen molar-refractivity contribution < 1.29 is 24.3 Å². The molecular formula is C13H24N4O5. The van der Waals surface area contributed by atoms with Crippen molar-refractivity contribution >= 4 is 23.7 Å². The SMILES string of the molecule is CNC(C)C(=O)NC(C)C(=O)NC(C)C(=O)NC(C)C(=O)O. The lowest BCUT2D eigenvalue weighted by Crippen LogP contribution is -2.55. The molecule has 3 amide bonds. The molecule has 0 aromatic heterocycles. The summed E-state index contributed by atoms with van der Waals surface area (Å²) in [6.07, 6.45) is 0. The van der Waals surface area contributed by atoms with Gasteiger partial charge in [0.1, 0.15) is 18.1 Å². The molecule has 0 fully saturated rings. The molecule has 0 rings (SSSR count). The topological polar surface area (TPSA) is 137 Å². The summed E-state index contributed by atoms with van der Waals surface area (Å²) in [6.45, 7) is 5.87. The Hall–Kier alpha value is -2.16. The van der Waals surface area contributed by atoms with Crippen molar-refractivity contribution in [3.63, 3.8) is 0 Å². The fraction of sp³-hybridized carbons (Fsp3) is 0.692. The smallest absolute Gasteiger partial charge is 0.325 e. The van der Waals surface area contributed by atoms with Crippen LogP contribution in [0.1, 0.15) is 27.7 Å². The van der Waals surface area contributed by atoms with Crippen molar-refractivity contribution in [3.8, 4) is 0 Å². The molecule has 0 aliphatic carbocycles. The second-order valence-electron chi connectivity index (χ2n) is 5.04. The largest absolute Gasteiger partial charge is 0.480 e. The van der Waals surface area contributed by atoms with Crippen LogP contribution in [0, 0.1) is 0 Å². The number of nitrogens with one attached hydrogen (secondary N) is 4. The van der Waals surface area contributed by atoms with Gasteiger partial charge >= 0.3 is 5.97 Å². The highest BCUT2D eigenvalue weighted by Crippen LogP contribution is 1.91. The standard InChI is InChI=1S/C13H24N4O5/c1-6(14-5)10(18)15-7(2)11(19)16-8(3)12(20)17-9(4)13(21)22/h6-9,14H,1-5H3,(H,15,18)(H,16,19)(H,17,20)(H,21,22). The van der Waals surface area contributed by atoms with Gasteiger partial charge in [-0.3, -0.25) is 19.2 Å². The van der Waals surface area contributed by atoms with E-state index in [1.165, 1.54) is 20.8 Å². The third-order valence-corrected chi connectivity index (χ3v) is 3.06. The monoisotopic (exact) mass is 316 g/mol. The first kappa shape index (κ1) is 19.8. The Bertz CT molecular complexity index is 440. The summed E-state index contributed by atoms with van der Waals surface area (Å²) in [7, 11) is 1.62. The summed E-state index contributed by atoms with van der Waals surface area (Å²) < 4.78 is 0. The molecule has 0 heterocycles. The zero-order valence-corrected chi connectivity index (χ0v) is 13.4. The molecule has 0 aromatic rings. The van der Waals surface area contributed by atoms with E-state index in [1.54, 1.807) is 14.0 Å². The maximum absolute atomic E-state index is 11.9. The van der Waals surface area contributed by atoms with Crippen LogP contribution >= 0.6 is 0 Å². The molecule has 0 aliphatic rings. The molecule has 0 radical (unpaired) electrons. The number of carbonyl (C=O) groups excluding carboxylic acids is 3. The minimum absolute atomic E-state index is 0.346. The van der Waals surface area contributed by atoms with Crippen LogP contribution in [-0.2, 0) is 19.2 Å². The van der Waals surface area contributed by atoms with E-state index in [0.717, 1.165) is 0 Å².